The molecule has 1 fully saturated rings. The third kappa shape index (κ3) is 3.95. The quantitative estimate of drug-likeness (QED) is 0.683. The van der Waals surface area contributed by atoms with Crippen molar-refractivity contribution >= 4 is 22.6 Å². The minimum absolute atomic E-state index is 0.0676. The third-order valence-corrected chi connectivity index (χ3v) is 4.88. The molecule has 3 heterocycles. The van der Waals surface area contributed by atoms with Crippen LogP contribution in [-0.2, 0) is 11.3 Å². The van der Waals surface area contributed by atoms with E-state index in [1.807, 2.05) is 18.2 Å². The topological polar surface area (TPSA) is 59.4 Å². The summed E-state index contributed by atoms with van der Waals surface area (Å²) in [6.07, 6.45) is 4.71. The number of benzene rings is 1. The molecule has 27 heavy (non-hydrogen) atoms. The number of carbonyl (C=O) groups excluding carboxylic acids is 1. The SMILES string of the molecule is O=C(NCCCn1ccc2ccccc21)c1cccnc1N1CCOCC1. The number of morpholine rings is 1. The fourth-order valence-electron chi connectivity index (χ4n) is 3.48. The predicted molar refractivity (Wildman–Crippen MR) is 106 cm³/mol. The number of fused-ring (bicyclic) bond motifs is 1. The lowest BCUT2D eigenvalue weighted by molar-refractivity contribution is 0.0951. The molecular formula is C21H24N4O2. The summed E-state index contributed by atoms with van der Waals surface area (Å²) in [6, 6.07) is 14.1. The summed E-state index contributed by atoms with van der Waals surface area (Å²) in [7, 11) is 0. The molecule has 3 aromatic rings. The third-order valence-electron chi connectivity index (χ3n) is 4.88. The van der Waals surface area contributed by atoms with Crippen LogP contribution in [0.5, 0.6) is 0 Å². The lowest BCUT2D eigenvalue weighted by atomic mass is 10.2. The average molecular weight is 364 g/mol. The molecule has 1 aliphatic heterocycles. The van der Waals surface area contributed by atoms with Crippen LogP contribution in [0.1, 0.15) is 16.8 Å². The zero-order valence-electron chi connectivity index (χ0n) is 15.3. The molecule has 6 heteroatoms. The largest absolute Gasteiger partial charge is 0.378 e. The normalized spacial score (nSPS) is 14.4. The van der Waals surface area contributed by atoms with E-state index in [-0.39, 0.29) is 5.91 Å². The molecule has 1 aromatic carbocycles. The minimum atomic E-state index is -0.0676. The van der Waals surface area contributed by atoms with Crippen molar-refractivity contribution in [2.75, 3.05) is 37.7 Å². The van der Waals surface area contributed by atoms with Gasteiger partial charge in [-0.1, -0.05) is 18.2 Å². The predicted octanol–water partition coefficient (Wildman–Crippen LogP) is 2.69. The number of nitrogens with one attached hydrogen (secondary N) is 1. The van der Waals surface area contributed by atoms with E-state index >= 15 is 0 Å². The van der Waals surface area contributed by atoms with E-state index in [9.17, 15) is 4.79 Å². The van der Waals surface area contributed by atoms with Crippen LogP contribution in [0.4, 0.5) is 5.82 Å². The molecule has 0 saturated carbocycles. The summed E-state index contributed by atoms with van der Waals surface area (Å²) >= 11 is 0. The van der Waals surface area contributed by atoms with Gasteiger partial charge in [-0.3, -0.25) is 4.79 Å². The Labute approximate surface area is 158 Å². The number of ether oxygens (including phenoxy) is 1. The van der Waals surface area contributed by atoms with Gasteiger partial charge in [0.1, 0.15) is 5.82 Å². The summed E-state index contributed by atoms with van der Waals surface area (Å²) in [5.74, 6) is 0.677. The molecule has 2 aromatic heterocycles. The van der Waals surface area contributed by atoms with E-state index in [0.29, 0.717) is 25.3 Å². The maximum Gasteiger partial charge on any atom is 0.255 e. The molecule has 4 rings (SSSR count). The average Bonchev–Trinajstić information content (AvgIpc) is 3.15. The van der Waals surface area contributed by atoms with Gasteiger partial charge in [-0.25, -0.2) is 4.98 Å². The van der Waals surface area contributed by atoms with Crippen molar-refractivity contribution in [1.29, 1.82) is 0 Å². The van der Waals surface area contributed by atoms with Gasteiger partial charge in [-0.15, -0.1) is 0 Å². The first-order chi connectivity index (χ1) is 13.3. The molecule has 0 atom stereocenters. The number of carbonyl (C=O) groups is 1. The lowest BCUT2D eigenvalue weighted by Gasteiger charge is -2.29. The molecule has 1 saturated heterocycles. The highest BCUT2D eigenvalue weighted by Crippen LogP contribution is 2.18. The fraction of sp³-hybridized carbons (Fsp3) is 0.333. The Morgan fingerprint density at radius 3 is 2.85 bits per heavy atom. The first-order valence-electron chi connectivity index (χ1n) is 9.43. The van der Waals surface area contributed by atoms with Crippen molar-refractivity contribution in [3.8, 4) is 0 Å². The monoisotopic (exact) mass is 364 g/mol. The van der Waals surface area contributed by atoms with Crippen LogP contribution >= 0.6 is 0 Å². The molecular weight excluding hydrogens is 340 g/mol. The van der Waals surface area contributed by atoms with Crippen molar-refractivity contribution in [3.63, 3.8) is 0 Å². The van der Waals surface area contributed by atoms with Gasteiger partial charge < -0.3 is 19.5 Å². The molecule has 0 radical (unpaired) electrons. The molecule has 0 aliphatic carbocycles. The van der Waals surface area contributed by atoms with Crippen molar-refractivity contribution in [2.45, 2.75) is 13.0 Å². The van der Waals surface area contributed by atoms with Crippen molar-refractivity contribution in [2.24, 2.45) is 0 Å². The maximum atomic E-state index is 12.7. The zero-order valence-corrected chi connectivity index (χ0v) is 15.3. The number of rotatable bonds is 6. The van der Waals surface area contributed by atoms with Gasteiger partial charge in [0.25, 0.3) is 5.91 Å². The number of amides is 1. The molecule has 0 unspecified atom stereocenters. The van der Waals surface area contributed by atoms with Gasteiger partial charge in [-0.2, -0.15) is 0 Å². The zero-order chi connectivity index (χ0) is 18.5. The summed E-state index contributed by atoms with van der Waals surface area (Å²) in [6.45, 7) is 4.36. The van der Waals surface area contributed by atoms with E-state index in [2.05, 4.69) is 50.2 Å². The van der Waals surface area contributed by atoms with Gasteiger partial charge in [0.2, 0.25) is 0 Å². The second-order valence-electron chi connectivity index (χ2n) is 6.65. The van der Waals surface area contributed by atoms with E-state index in [1.165, 1.54) is 10.9 Å². The number of aryl methyl sites for hydroxylation is 1. The summed E-state index contributed by atoms with van der Waals surface area (Å²) < 4.78 is 7.62. The van der Waals surface area contributed by atoms with Crippen LogP contribution in [0, 0.1) is 0 Å². The molecule has 1 N–H and O–H groups in total. The number of aromatic nitrogens is 2. The van der Waals surface area contributed by atoms with Gasteiger partial charge in [-0.05, 0) is 36.1 Å². The standard InChI is InChI=1S/C21H24N4O2/c26-21(18-6-3-9-22-20(18)25-13-15-27-16-14-25)23-10-4-11-24-12-8-17-5-1-2-7-19(17)24/h1-3,5-9,12H,4,10-11,13-16H2,(H,23,26). The smallest absolute Gasteiger partial charge is 0.255 e. The Bertz CT molecular complexity index is 915. The summed E-state index contributed by atoms with van der Waals surface area (Å²) in [5, 5.41) is 4.28. The Kier molecular flexibility index (Phi) is 5.34. The molecule has 1 aliphatic rings. The van der Waals surface area contributed by atoms with Crippen LogP contribution in [0.3, 0.4) is 0 Å². The van der Waals surface area contributed by atoms with Gasteiger partial charge in [0.05, 0.1) is 18.8 Å². The van der Waals surface area contributed by atoms with Crippen molar-refractivity contribution in [3.05, 3.63) is 60.4 Å². The molecule has 0 bridgehead atoms. The van der Waals surface area contributed by atoms with Crippen LogP contribution in [0.15, 0.2) is 54.9 Å². The molecule has 0 spiro atoms. The highest BCUT2D eigenvalue weighted by molar-refractivity contribution is 5.98. The Hall–Kier alpha value is -2.86. The van der Waals surface area contributed by atoms with Crippen molar-refractivity contribution < 1.29 is 9.53 Å². The molecule has 6 nitrogen and oxygen atoms in total. The first-order valence-corrected chi connectivity index (χ1v) is 9.43. The van der Waals surface area contributed by atoms with E-state index in [0.717, 1.165) is 31.9 Å². The Morgan fingerprint density at radius 2 is 1.96 bits per heavy atom. The van der Waals surface area contributed by atoms with E-state index in [1.54, 1.807) is 6.20 Å². The van der Waals surface area contributed by atoms with Gasteiger partial charge >= 0.3 is 0 Å². The highest BCUT2D eigenvalue weighted by atomic mass is 16.5. The fourth-order valence-corrected chi connectivity index (χ4v) is 3.48. The maximum absolute atomic E-state index is 12.7. The summed E-state index contributed by atoms with van der Waals surface area (Å²) in [5.41, 5.74) is 1.86. The molecule has 140 valence electrons. The van der Waals surface area contributed by atoms with E-state index in [4.69, 9.17) is 4.74 Å². The lowest BCUT2D eigenvalue weighted by Crippen LogP contribution is -2.38. The van der Waals surface area contributed by atoms with Gasteiger partial charge in [0, 0.05) is 44.1 Å². The van der Waals surface area contributed by atoms with Crippen LogP contribution in [0.2, 0.25) is 0 Å². The Balaban J connectivity index is 1.34. The summed E-state index contributed by atoms with van der Waals surface area (Å²) in [4.78, 5) is 19.2. The second kappa shape index (κ2) is 8.22. The minimum Gasteiger partial charge on any atom is -0.378 e. The highest BCUT2D eigenvalue weighted by Gasteiger charge is 2.19. The first kappa shape index (κ1) is 17.5. The number of hydrogen-bond acceptors (Lipinski definition) is 4. The van der Waals surface area contributed by atoms with Crippen LogP contribution < -0.4 is 10.2 Å². The van der Waals surface area contributed by atoms with E-state index < -0.39 is 0 Å². The number of para-hydroxylation sites is 1. The molecule has 1 amide bonds. The van der Waals surface area contributed by atoms with Crippen LogP contribution in [0.25, 0.3) is 10.9 Å². The Morgan fingerprint density at radius 1 is 1.11 bits per heavy atom. The number of anilines is 1. The number of hydrogen-bond donors (Lipinski definition) is 1. The second-order valence-corrected chi connectivity index (χ2v) is 6.65. The van der Waals surface area contributed by atoms with Gasteiger partial charge in [0.15, 0.2) is 0 Å². The van der Waals surface area contributed by atoms with Crippen LogP contribution in [-0.4, -0.2) is 48.3 Å². The number of pyridine rings is 1. The number of nitrogens with zero attached hydrogens (tertiary/aromatic N) is 3. The van der Waals surface area contributed by atoms with Crippen molar-refractivity contribution in [1.82, 2.24) is 14.9 Å².